The minimum Gasteiger partial charge on any atom is -0.481 e. The fourth-order valence-corrected chi connectivity index (χ4v) is 1.69. The predicted octanol–water partition coefficient (Wildman–Crippen LogP) is 0.00240. The van der Waals surface area contributed by atoms with E-state index in [1.54, 1.807) is 0 Å². The monoisotopic (exact) mass is 186 g/mol. The van der Waals surface area contributed by atoms with Crippen LogP contribution >= 0.6 is 0 Å². The third kappa shape index (κ3) is 4.24. The Balaban J connectivity index is 1.97. The van der Waals surface area contributed by atoms with E-state index in [1.165, 1.54) is 13.0 Å². The second-order valence-corrected chi connectivity index (χ2v) is 3.76. The van der Waals surface area contributed by atoms with Gasteiger partial charge in [-0.25, -0.2) is 0 Å². The average molecular weight is 186 g/mol. The van der Waals surface area contributed by atoms with Crippen molar-refractivity contribution in [2.24, 2.45) is 5.92 Å². The summed E-state index contributed by atoms with van der Waals surface area (Å²) in [6.07, 6.45) is 1.46. The van der Waals surface area contributed by atoms with Gasteiger partial charge in [0.15, 0.2) is 0 Å². The van der Waals surface area contributed by atoms with Crippen LogP contribution in [0, 0.1) is 5.92 Å². The summed E-state index contributed by atoms with van der Waals surface area (Å²) in [7, 11) is 2.12. The molecule has 1 aliphatic heterocycles. The SMILES string of the molecule is CN1CCC(CNCCC(=O)O)C1. The third-order valence-corrected chi connectivity index (χ3v) is 2.44. The first-order valence-corrected chi connectivity index (χ1v) is 4.79. The number of likely N-dealkylation sites (tertiary alicyclic amines) is 1. The molecule has 0 aromatic heterocycles. The van der Waals surface area contributed by atoms with Gasteiger partial charge in [-0.3, -0.25) is 4.79 Å². The molecule has 0 aromatic carbocycles. The zero-order valence-corrected chi connectivity index (χ0v) is 8.12. The fourth-order valence-electron chi connectivity index (χ4n) is 1.69. The van der Waals surface area contributed by atoms with Crippen molar-refractivity contribution in [3.05, 3.63) is 0 Å². The Kier molecular flexibility index (Phi) is 4.18. The van der Waals surface area contributed by atoms with Crippen LogP contribution in [-0.2, 0) is 4.79 Å². The van der Waals surface area contributed by atoms with Gasteiger partial charge in [0.1, 0.15) is 0 Å². The molecule has 1 aliphatic rings. The maximum absolute atomic E-state index is 10.2. The van der Waals surface area contributed by atoms with Crippen molar-refractivity contribution in [1.82, 2.24) is 10.2 Å². The van der Waals surface area contributed by atoms with Crippen molar-refractivity contribution in [3.63, 3.8) is 0 Å². The summed E-state index contributed by atoms with van der Waals surface area (Å²) in [5.41, 5.74) is 0. The normalized spacial score (nSPS) is 23.6. The fraction of sp³-hybridized carbons (Fsp3) is 0.889. The van der Waals surface area contributed by atoms with Gasteiger partial charge in [0.25, 0.3) is 0 Å². The summed E-state index contributed by atoms with van der Waals surface area (Å²) in [6, 6.07) is 0. The van der Waals surface area contributed by atoms with E-state index in [1.807, 2.05) is 0 Å². The van der Waals surface area contributed by atoms with E-state index in [4.69, 9.17) is 5.11 Å². The van der Waals surface area contributed by atoms with Crippen LogP contribution < -0.4 is 5.32 Å². The standard InChI is InChI=1S/C9H18N2O2/c1-11-5-3-8(7-11)6-10-4-2-9(12)13/h8,10H,2-7H2,1H3,(H,12,13). The van der Waals surface area contributed by atoms with Gasteiger partial charge >= 0.3 is 5.97 Å². The molecule has 1 rings (SSSR count). The Hall–Kier alpha value is -0.610. The highest BCUT2D eigenvalue weighted by Crippen LogP contribution is 2.12. The summed E-state index contributed by atoms with van der Waals surface area (Å²) < 4.78 is 0. The zero-order valence-electron chi connectivity index (χ0n) is 8.12. The minimum atomic E-state index is -0.726. The van der Waals surface area contributed by atoms with Gasteiger partial charge < -0.3 is 15.3 Å². The van der Waals surface area contributed by atoms with Crippen molar-refractivity contribution < 1.29 is 9.90 Å². The van der Waals surface area contributed by atoms with Crippen LogP contribution in [0.5, 0.6) is 0 Å². The molecule has 0 aliphatic carbocycles. The molecule has 1 saturated heterocycles. The van der Waals surface area contributed by atoms with Crippen LogP contribution in [0.25, 0.3) is 0 Å². The molecule has 0 amide bonds. The number of hydrogen-bond acceptors (Lipinski definition) is 3. The molecule has 0 aromatic rings. The molecule has 0 radical (unpaired) electrons. The minimum absolute atomic E-state index is 0.225. The largest absolute Gasteiger partial charge is 0.481 e. The van der Waals surface area contributed by atoms with Gasteiger partial charge in [-0.15, -0.1) is 0 Å². The molecule has 1 heterocycles. The van der Waals surface area contributed by atoms with Gasteiger partial charge in [-0.1, -0.05) is 0 Å². The molecule has 4 nitrogen and oxygen atoms in total. The van der Waals surface area contributed by atoms with E-state index in [0.717, 1.165) is 13.1 Å². The molecule has 0 saturated carbocycles. The quantitative estimate of drug-likeness (QED) is 0.594. The maximum Gasteiger partial charge on any atom is 0.304 e. The molecule has 76 valence electrons. The highest BCUT2D eigenvalue weighted by Gasteiger charge is 2.18. The van der Waals surface area contributed by atoms with Crippen molar-refractivity contribution in [3.8, 4) is 0 Å². The lowest BCUT2D eigenvalue weighted by Crippen LogP contribution is -2.26. The Labute approximate surface area is 78.9 Å². The molecule has 1 atom stereocenters. The number of carboxylic acids is 1. The molecule has 1 unspecified atom stereocenters. The van der Waals surface area contributed by atoms with Crippen LogP contribution in [0.3, 0.4) is 0 Å². The lowest BCUT2D eigenvalue weighted by atomic mass is 10.1. The number of carboxylic acid groups (broad SMARTS) is 1. The highest BCUT2D eigenvalue weighted by atomic mass is 16.4. The molecule has 0 spiro atoms. The maximum atomic E-state index is 10.2. The molecule has 1 fully saturated rings. The van der Waals surface area contributed by atoms with Gasteiger partial charge in [0, 0.05) is 13.1 Å². The summed E-state index contributed by atoms with van der Waals surface area (Å²) in [5, 5.41) is 11.6. The number of nitrogens with zero attached hydrogens (tertiary/aromatic N) is 1. The first-order chi connectivity index (χ1) is 6.18. The first-order valence-electron chi connectivity index (χ1n) is 4.79. The number of hydrogen-bond donors (Lipinski definition) is 2. The number of aliphatic carboxylic acids is 1. The lowest BCUT2D eigenvalue weighted by Gasteiger charge is -2.10. The Bertz CT molecular complexity index is 173. The van der Waals surface area contributed by atoms with E-state index in [0.29, 0.717) is 12.5 Å². The second-order valence-electron chi connectivity index (χ2n) is 3.76. The molecule has 0 bridgehead atoms. The summed E-state index contributed by atoms with van der Waals surface area (Å²) in [6.45, 7) is 3.86. The first kappa shape index (κ1) is 10.5. The van der Waals surface area contributed by atoms with E-state index >= 15 is 0 Å². The van der Waals surface area contributed by atoms with Gasteiger partial charge in [-0.05, 0) is 32.5 Å². The van der Waals surface area contributed by atoms with Crippen molar-refractivity contribution in [2.75, 3.05) is 33.2 Å². The van der Waals surface area contributed by atoms with Crippen LogP contribution in [0.15, 0.2) is 0 Å². The Morgan fingerprint density at radius 2 is 2.46 bits per heavy atom. The van der Waals surface area contributed by atoms with Crippen molar-refractivity contribution in [2.45, 2.75) is 12.8 Å². The Morgan fingerprint density at radius 1 is 1.69 bits per heavy atom. The van der Waals surface area contributed by atoms with Crippen LogP contribution in [0.2, 0.25) is 0 Å². The molecular formula is C9H18N2O2. The molecule has 13 heavy (non-hydrogen) atoms. The number of carbonyl (C=O) groups is 1. The van der Waals surface area contributed by atoms with Gasteiger partial charge in [0.2, 0.25) is 0 Å². The number of rotatable bonds is 5. The smallest absolute Gasteiger partial charge is 0.304 e. The van der Waals surface area contributed by atoms with E-state index in [-0.39, 0.29) is 6.42 Å². The molecule has 2 N–H and O–H groups in total. The third-order valence-electron chi connectivity index (χ3n) is 2.44. The van der Waals surface area contributed by atoms with E-state index in [9.17, 15) is 4.79 Å². The molecule has 4 heteroatoms. The average Bonchev–Trinajstić information content (AvgIpc) is 2.45. The second kappa shape index (κ2) is 5.19. The summed E-state index contributed by atoms with van der Waals surface area (Å²) >= 11 is 0. The summed E-state index contributed by atoms with van der Waals surface area (Å²) in [5.74, 6) is -0.0187. The highest BCUT2D eigenvalue weighted by molar-refractivity contribution is 5.66. The topological polar surface area (TPSA) is 52.6 Å². The van der Waals surface area contributed by atoms with E-state index < -0.39 is 5.97 Å². The lowest BCUT2D eigenvalue weighted by molar-refractivity contribution is -0.136. The van der Waals surface area contributed by atoms with Crippen LogP contribution in [0.4, 0.5) is 0 Å². The summed E-state index contributed by atoms with van der Waals surface area (Å²) in [4.78, 5) is 12.5. The van der Waals surface area contributed by atoms with Crippen LogP contribution in [0.1, 0.15) is 12.8 Å². The van der Waals surface area contributed by atoms with E-state index in [2.05, 4.69) is 17.3 Å². The van der Waals surface area contributed by atoms with Gasteiger partial charge in [0.05, 0.1) is 6.42 Å². The predicted molar refractivity (Wildman–Crippen MR) is 50.7 cm³/mol. The van der Waals surface area contributed by atoms with Crippen molar-refractivity contribution in [1.29, 1.82) is 0 Å². The Morgan fingerprint density at radius 3 is 3.00 bits per heavy atom. The van der Waals surface area contributed by atoms with Gasteiger partial charge in [-0.2, -0.15) is 0 Å². The van der Waals surface area contributed by atoms with Crippen molar-refractivity contribution >= 4 is 5.97 Å². The molecular weight excluding hydrogens is 168 g/mol. The number of nitrogens with one attached hydrogen (secondary N) is 1. The van der Waals surface area contributed by atoms with Crippen LogP contribution in [-0.4, -0.2) is 49.2 Å². The zero-order chi connectivity index (χ0) is 9.68.